The van der Waals surface area contributed by atoms with E-state index in [0.29, 0.717) is 0 Å². The van der Waals surface area contributed by atoms with Crippen LogP contribution in [0.1, 0.15) is 26.7 Å². The monoisotopic (exact) mass is 253 g/mol. The summed E-state index contributed by atoms with van der Waals surface area (Å²) in [6, 6.07) is -0.129. The molecule has 1 unspecified atom stereocenters. The molecule has 0 bridgehead atoms. The maximum Gasteiger partial charge on any atom is 0.407 e. The molecular weight excluding hydrogens is 234 g/mol. The van der Waals surface area contributed by atoms with Crippen LogP contribution < -0.4 is 5.32 Å². The van der Waals surface area contributed by atoms with E-state index in [4.69, 9.17) is 4.74 Å². The van der Waals surface area contributed by atoms with Crippen molar-refractivity contribution < 1.29 is 19.4 Å². The van der Waals surface area contributed by atoms with E-state index in [1.807, 2.05) is 24.3 Å². The number of nitrogens with one attached hydrogen (secondary N) is 1. The van der Waals surface area contributed by atoms with E-state index in [9.17, 15) is 14.7 Å². The zero-order chi connectivity index (χ0) is 13.6. The Morgan fingerprint density at radius 3 is 2.56 bits per heavy atom. The number of allylic oxidation sites excluding steroid dienone is 2. The molecule has 2 N–H and O–H groups in total. The molecule has 5 heteroatoms. The number of hydrogen-bond acceptors (Lipinski definition) is 4. The summed E-state index contributed by atoms with van der Waals surface area (Å²) in [4.78, 5) is 22.2. The smallest absolute Gasteiger partial charge is 0.407 e. The fourth-order valence-corrected chi connectivity index (χ4v) is 1.69. The lowest BCUT2D eigenvalue weighted by Gasteiger charge is -2.21. The van der Waals surface area contributed by atoms with Crippen LogP contribution in [0.4, 0.5) is 4.79 Å². The summed E-state index contributed by atoms with van der Waals surface area (Å²) in [5.74, 6) is -0.0920. The molecular formula is C13H19NO4. The Kier molecular flexibility index (Phi) is 5.09. The second-order valence-electron chi connectivity index (χ2n) is 4.70. The molecule has 0 fully saturated rings. The molecule has 18 heavy (non-hydrogen) atoms. The topological polar surface area (TPSA) is 75.6 Å². The zero-order valence-electron chi connectivity index (χ0n) is 10.7. The normalized spacial score (nSPS) is 17.5. The summed E-state index contributed by atoms with van der Waals surface area (Å²) in [5, 5.41) is 12.4. The van der Waals surface area contributed by atoms with E-state index in [1.165, 1.54) is 6.92 Å². The largest absolute Gasteiger partial charge is 0.449 e. The number of rotatable bonds is 6. The van der Waals surface area contributed by atoms with Gasteiger partial charge < -0.3 is 15.2 Å². The van der Waals surface area contributed by atoms with Gasteiger partial charge in [0.25, 0.3) is 0 Å². The van der Waals surface area contributed by atoms with Gasteiger partial charge in [0.2, 0.25) is 0 Å². The van der Waals surface area contributed by atoms with Crippen LogP contribution in [0.2, 0.25) is 0 Å². The predicted octanol–water partition coefficient (Wildman–Crippen LogP) is 1.33. The van der Waals surface area contributed by atoms with Crippen molar-refractivity contribution in [2.75, 3.05) is 6.61 Å². The molecule has 1 atom stereocenters. The summed E-state index contributed by atoms with van der Waals surface area (Å²) in [7, 11) is 0. The Hall–Kier alpha value is -1.62. The molecule has 0 heterocycles. The number of carbonyl (C=O) groups is 2. The fraction of sp³-hybridized carbons (Fsp3) is 0.538. The van der Waals surface area contributed by atoms with E-state index in [0.717, 1.165) is 0 Å². The SMILES string of the molecule is CC(=O)CC(C)(O)CCOC(=O)NC1C=CC=C1. The Labute approximate surface area is 107 Å². The zero-order valence-corrected chi connectivity index (χ0v) is 10.7. The molecule has 0 aromatic carbocycles. The number of carbonyl (C=O) groups excluding carboxylic acids is 2. The predicted molar refractivity (Wildman–Crippen MR) is 67.1 cm³/mol. The van der Waals surface area contributed by atoms with Crippen molar-refractivity contribution in [1.29, 1.82) is 0 Å². The first-order chi connectivity index (χ1) is 8.39. The molecule has 1 aliphatic carbocycles. The summed E-state index contributed by atoms with van der Waals surface area (Å²) >= 11 is 0. The lowest BCUT2D eigenvalue weighted by molar-refractivity contribution is -0.121. The third-order valence-corrected chi connectivity index (χ3v) is 2.54. The summed E-state index contributed by atoms with van der Waals surface area (Å²) in [6.07, 6.45) is 7.09. The molecule has 0 aromatic heterocycles. The Morgan fingerprint density at radius 1 is 1.39 bits per heavy atom. The molecule has 1 amide bonds. The highest BCUT2D eigenvalue weighted by molar-refractivity contribution is 5.76. The van der Waals surface area contributed by atoms with Crippen molar-refractivity contribution in [2.45, 2.75) is 38.3 Å². The van der Waals surface area contributed by atoms with Gasteiger partial charge >= 0.3 is 6.09 Å². The number of alkyl carbamates (subject to hydrolysis) is 1. The van der Waals surface area contributed by atoms with Crippen LogP contribution in [-0.4, -0.2) is 35.2 Å². The second kappa shape index (κ2) is 6.35. The molecule has 100 valence electrons. The summed E-state index contributed by atoms with van der Waals surface area (Å²) < 4.78 is 4.93. The minimum Gasteiger partial charge on any atom is -0.449 e. The molecule has 5 nitrogen and oxygen atoms in total. The van der Waals surface area contributed by atoms with Crippen LogP contribution in [0.3, 0.4) is 0 Å². The van der Waals surface area contributed by atoms with Crippen LogP contribution >= 0.6 is 0 Å². The molecule has 0 spiro atoms. The van der Waals surface area contributed by atoms with Gasteiger partial charge in [0.1, 0.15) is 5.78 Å². The van der Waals surface area contributed by atoms with Crippen molar-refractivity contribution in [3.05, 3.63) is 24.3 Å². The van der Waals surface area contributed by atoms with Gasteiger partial charge in [0, 0.05) is 12.8 Å². The third kappa shape index (κ3) is 5.63. The Balaban J connectivity index is 2.20. The average molecular weight is 253 g/mol. The maximum atomic E-state index is 11.4. The van der Waals surface area contributed by atoms with E-state index in [1.54, 1.807) is 6.92 Å². The number of aliphatic hydroxyl groups is 1. The van der Waals surface area contributed by atoms with Crippen molar-refractivity contribution >= 4 is 11.9 Å². The fourth-order valence-electron chi connectivity index (χ4n) is 1.69. The summed E-state index contributed by atoms with van der Waals surface area (Å²) in [6.45, 7) is 3.05. The quantitative estimate of drug-likeness (QED) is 0.748. The van der Waals surface area contributed by atoms with Gasteiger partial charge in [0.15, 0.2) is 0 Å². The third-order valence-electron chi connectivity index (χ3n) is 2.54. The molecule has 1 rings (SSSR count). The van der Waals surface area contributed by atoms with Gasteiger partial charge in [-0.3, -0.25) is 4.79 Å². The van der Waals surface area contributed by atoms with Gasteiger partial charge in [-0.2, -0.15) is 0 Å². The highest BCUT2D eigenvalue weighted by Crippen LogP contribution is 2.14. The van der Waals surface area contributed by atoms with Gasteiger partial charge in [-0.25, -0.2) is 4.79 Å². The van der Waals surface area contributed by atoms with Crippen molar-refractivity contribution in [3.8, 4) is 0 Å². The molecule has 0 saturated heterocycles. The van der Waals surface area contributed by atoms with Crippen LogP contribution in [0.15, 0.2) is 24.3 Å². The first-order valence-electron chi connectivity index (χ1n) is 5.89. The summed E-state index contributed by atoms with van der Waals surface area (Å²) in [5.41, 5.74) is -1.13. The lowest BCUT2D eigenvalue weighted by atomic mass is 9.97. The maximum absolute atomic E-state index is 11.4. The Morgan fingerprint density at radius 2 is 2.00 bits per heavy atom. The van der Waals surface area contributed by atoms with Crippen molar-refractivity contribution in [3.63, 3.8) is 0 Å². The van der Waals surface area contributed by atoms with Crippen LogP contribution in [0.25, 0.3) is 0 Å². The molecule has 0 aromatic rings. The number of hydrogen-bond donors (Lipinski definition) is 2. The lowest BCUT2D eigenvalue weighted by Crippen LogP contribution is -2.34. The van der Waals surface area contributed by atoms with Gasteiger partial charge in [-0.05, 0) is 13.8 Å². The van der Waals surface area contributed by atoms with Gasteiger partial charge in [-0.1, -0.05) is 24.3 Å². The van der Waals surface area contributed by atoms with Crippen LogP contribution in [0, 0.1) is 0 Å². The molecule has 0 aliphatic heterocycles. The highest BCUT2D eigenvalue weighted by Gasteiger charge is 2.23. The number of Topliss-reactive ketones (excluding diaryl/α,β-unsaturated/α-hetero) is 1. The average Bonchev–Trinajstić information content (AvgIpc) is 2.67. The first-order valence-corrected chi connectivity index (χ1v) is 5.89. The van der Waals surface area contributed by atoms with E-state index in [-0.39, 0.29) is 31.3 Å². The van der Waals surface area contributed by atoms with Crippen LogP contribution in [0.5, 0.6) is 0 Å². The van der Waals surface area contributed by atoms with Gasteiger partial charge in [-0.15, -0.1) is 0 Å². The number of amides is 1. The molecule has 0 radical (unpaired) electrons. The minimum absolute atomic E-state index is 0.0616. The number of ketones is 1. The standard InChI is InChI=1S/C13H19NO4/c1-10(15)9-13(2,17)7-8-18-12(16)14-11-5-3-4-6-11/h3-6,11,17H,7-9H2,1-2H3,(H,14,16). The van der Waals surface area contributed by atoms with E-state index in [2.05, 4.69) is 5.32 Å². The minimum atomic E-state index is -1.13. The van der Waals surface area contributed by atoms with Crippen molar-refractivity contribution in [2.24, 2.45) is 0 Å². The highest BCUT2D eigenvalue weighted by atomic mass is 16.5. The van der Waals surface area contributed by atoms with E-state index >= 15 is 0 Å². The second-order valence-corrected chi connectivity index (χ2v) is 4.70. The molecule has 0 saturated carbocycles. The number of ether oxygens (including phenoxy) is 1. The van der Waals surface area contributed by atoms with E-state index < -0.39 is 11.7 Å². The van der Waals surface area contributed by atoms with Crippen molar-refractivity contribution in [1.82, 2.24) is 5.32 Å². The van der Waals surface area contributed by atoms with Crippen LogP contribution in [-0.2, 0) is 9.53 Å². The van der Waals surface area contributed by atoms with Gasteiger partial charge in [0.05, 0.1) is 18.2 Å². The first kappa shape index (κ1) is 14.4. The molecule has 1 aliphatic rings. The Bertz CT molecular complexity index is 359.